The average Bonchev–Trinajstić information content (AvgIpc) is 2.29. The molecule has 0 fully saturated rings. The first-order valence-electron chi connectivity index (χ1n) is 5.46. The van der Waals surface area contributed by atoms with Crippen LogP contribution in [0.1, 0.15) is 15.9 Å². The van der Waals surface area contributed by atoms with Gasteiger partial charge in [0.2, 0.25) is 11.8 Å². The van der Waals surface area contributed by atoms with E-state index in [0.717, 1.165) is 10.5 Å². The number of aromatic hydroxyl groups is 1. The van der Waals surface area contributed by atoms with E-state index in [0.29, 0.717) is 0 Å². The van der Waals surface area contributed by atoms with Gasteiger partial charge in [-0.3, -0.25) is 14.4 Å². The quantitative estimate of drug-likeness (QED) is 0.638. The van der Waals surface area contributed by atoms with E-state index in [4.69, 9.17) is 11.5 Å². The fraction of sp³-hybridized carbons (Fsp3) is 0.250. The maximum atomic E-state index is 12.1. The Bertz CT molecular complexity index is 512. The van der Waals surface area contributed by atoms with Crippen LogP contribution in [-0.2, 0) is 9.59 Å². The second-order valence-corrected chi connectivity index (χ2v) is 4.11. The van der Waals surface area contributed by atoms with Crippen LogP contribution in [0, 0.1) is 6.92 Å². The van der Waals surface area contributed by atoms with Gasteiger partial charge in [0.15, 0.2) is 0 Å². The lowest BCUT2D eigenvalue weighted by atomic mass is 10.1. The van der Waals surface area contributed by atoms with Gasteiger partial charge >= 0.3 is 0 Å². The van der Waals surface area contributed by atoms with E-state index in [-0.39, 0.29) is 11.3 Å². The van der Waals surface area contributed by atoms with Crippen LogP contribution in [0.5, 0.6) is 5.75 Å². The molecule has 102 valence electrons. The molecule has 0 radical (unpaired) electrons. The topological polar surface area (TPSA) is 127 Å². The number of carbonyl (C=O) groups is 3. The van der Waals surface area contributed by atoms with Crippen molar-refractivity contribution in [3.63, 3.8) is 0 Å². The molecule has 0 unspecified atom stereocenters. The number of primary amides is 2. The van der Waals surface area contributed by atoms with Crippen molar-refractivity contribution in [1.82, 2.24) is 4.90 Å². The van der Waals surface area contributed by atoms with Crippen LogP contribution in [-0.4, -0.2) is 40.8 Å². The van der Waals surface area contributed by atoms with Gasteiger partial charge in [-0.15, -0.1) is 0 Å². The number of nitrogens with two attached hydrogens (primary N) is 2. The van der Waals surface area contributed by atoms with Crippen LogP contribution in [0.3, 0.4) is 0 Å². The fourth-order valence-corrected chi connectivity index (χ4v) is 1.57. The summed E-state index contributed by atoms with van der Waals surface area (Å²) in [6.45, 7) is 0.840. The lowest BCUT2D eigenvalue weighted by Gasteiger charge is -2.20. The van der Waals surface area contributed by atoms with Crippen LogP contribution >= 0.6 is 0 Å². The van der Waals surface area contributed by atoms with Gasteiger partial charge in [0, 0.05) is 0 Å². The van der Waals surface area contributed by atoms with E-state index in [1.165, 1.54) is 12.1 Å². The van der Waals surface area contributed by atoms with Crippen molar-refractivity contribution in [2.45, 2.75) is 6.92 Å². The van der Waals surface area contributed by atoms with Gasteiger partial charge in [-0.1, -0.05) is 11.6 Å². The molecule has 0 aliphatic carbocycles. The third kappa shape index (κ3) is 3.98. The Labute approximate surface area is 109 Å². The van der Waals surface area contributed by atoms with Gasteiger partial charge in [-0.2, -0.15) is 0 Å². The largest absolute Gasteiger partial charge is 0.507 e. The predicted molar refractivity (Wildman–Crippen MR) is 67.1 cm³/mol. The standard InChI is InChI=1S/C12H15N3O4/c1-7-2-3-9(16)8(4-7)12(19)15(5-10(13)17)6-11(14)18/h2-4,16H,5-6H2,1H3,(H2,13,17)(H2,14,18). The summed E-state index contributed by atoms with van der Waals surface area (Å²) in [5.74, 6) is -2.48. The van der Waals surface area contributed by atoms with Gasteiger partial charge in [-0.05, 0) is 19.1 Å². The Kier molecular flexibility index (Phi) is 4.46. The minimum Gasteiger partial charge on any atom is -0.507 e. The number of phenolic OH excluding ortho intramolecular Hbond substituents is 1. The highest BCUT2D eigenvalue weighted by Crippen LogP contribution is 2.20. The summed E-state index contributed by atoms with van der Waals surface area (Å²) in [6.07, 6.45) is 0. The second-order valence-electron chi connectivity index (χ2n) is 4.11. The molecule has 1 aromatic carbocycles. The molecular formula is C12H15N3O4. The zero-order valence-corrected chi connectivity index (χ0v) is 10.4. The molecule has 0 bridgehead atoms. The zero-order chi connectivity index (χ0) is 14.6. The Hall–Kier alpha value is -2.57. The highest BCUT2D eigenvalue weighted by molar-refractivity contribution is 6.00. The van der Waals surface area contributed by atoms with E-state index in [2.05, 4.69) is 0 Å². The lowest BCUT2D eigenvalue weighted by molar-refractivity contribution is -0.121. The SMILES string of the molecule is Cc1ccc(O)c(C(=O)N(CC(N)=O)CC(N)=O)c1. The molecule has 0 saturated carbocycles. The molecule has 1 rings (SSSR count). The lowest BCUT2D eigenvalue weighted by Crippen LogP contribution is -2.43. The molecule has 0 saturated heterocycles. The molecule has 0 aromatic heterocycles. The first kappa shape index (κ1) is 14.5. The number of rotatable bonds is 5. The highest BCUT2D eigenvalue weighted by atomic mass is 16.3. The van der Waals surface area contributed by atoms with Crippen molar-refractivity contribution in [3.05, 3.63) is 29.3 Å². The molecule has 0 heterocycles. The Morgan fingerprint density at radius 3 is 2.16 bits per heavy atom. The van der Waals surface area contributed by atoms with Gasteiger partial charge in [-0.25, -0.2) is 0 Å². The summed E-state index contributed by atoms with van der Waals surface area (Å²) in [4.78, 5) is 34.8. The van der Waals surface area contributed by atoms with E-state index in [9.17, 15) is 19.5 Å². The number of hydrogen-bond donors (Lipinski definition) is 3. The van der Waals surface area contributed by atoms with Gasteiger partial charge in [0.05, 0.1) is 5.56 Å². The van der Waals surface area contributed by atoms with Crippen molar-refractivity contribution in [3.8, 4) is 5.75 Å². The minimum absolute atomic E-state index is 0.0116. The van der Waals surface area contributed by atoms with Crippen LogP contribution in [0.15, 0.2) is 18.2 Å². The van der Waals surface area contributed by atoms with Crippen LogP contribution < -0.4 is 11.5 Å². The van der Waals surface area contributed by atoms with Crippen molar-refractivity contribution in [1.29, 1.82) is 0 Å². The molecule has 5 N–H and O–H groups in total. The summed E-state index contributed by atoms with van der Waals surface area (Å²) in [7, 11) is 0. The van der Waals surface area contributed by atoms with Crippen LogP contribution in [0.25, 0.3) is 0 Å². The van der Waals surface area contributed by atoms with Gasteiger partial charge in [0.1, 0.15) is 18.8 Å². The normalized spacial score (nSPS) is 9.95. The monoisotopic (exact) mass is 265 g/mol. The molecular weight excluding hydrogens is 250 g/mol. The Morgan fingerprint density at radius 1 is 1.16 bits per heavy atom. The van der Waals surface area contributed by atoms with E-state index in [1.54, 1.807) is 13.0 Å². The van der Waals surface area contributed by atoms with Crippen molar-refractivity contribution in [2.24, 2.45) is 11.5 Å². The average molecular weight is 265 g/mol. The molecule has 1 aromatic rings. The van der Waals surface area contributed by atoms with E-state index >= 15 is 0 Å². The first-order chi connectivity index (χ1) is 8.81. The molecule has 3 amide bonds. The van der Waals surface area contributed by atoms with Crippen molar-refractivity contribution in [2.75, 3.05) is 13.1 Å². The zero-order valence-electron chi connectivity index (χ0n) is 10.4. The minimum atomic E-state index is -0.776. The summed E-state index contributed by atoms with van der Waals surface area (Å²) >= 11 is 0. The number of phenols is 1. The molecule has 0 aliphatic heterocycles. The molecule has 19 heavy (non-hydrogen) atoms. The first-order valence-corrected chi connectivity index (χ1v) is 5.46. The second kappa shape index (κ2) is 5.85. The molecule has 0 aliphatic rings. The third-order valence-corrected chi connectivity index (χ3v) is 2.36. The molecule has 0 atom stereocenters. The maximum absolute atomic E-state index is 12.1. The molecule has 0 spiro atoms. The number of carbonyl (C=O) groups excluding carboxylic acids is 3. The number of benzene rings is 1. The predicted octanol–water partition coefficient (Wildman–Crippen LogP) is -0.887. The van der Waals surface area contributed by atoms with Crippen LogP contribution in [0.2, 0.25) is 0 Å². The van der Waals surface area contributed by atoms with Crippen molar-refractivity contribution >= 4 is 17.7 Å². The van der Waals surface area contributed by atoms with Gasteiger partial charge < -0.3 is 21.5 Å². The van der Waals surface area contributed by atoms with E-state index < -0.39 is 30.8 Å². The Morgan fingerprint density at radius 2 is 1.68 bits per heavy atom. The van der Waals surface area contributed by atoms with Crippen LogP contribution in [0.4, 0.5) is 0 Å². The smallest absolute Gasteiger partial charge is 0.258 e. The molecule has 7 heteroatoms. The number of amides is 3. The third-order valence-electron chi connectivity index (χ3n) is 2.36. The van der Waals surface area contributed by atoms with Crippen molar-refractivity contribution < 1.29 is 19.5 Å². The summed E-state index contributed by atoms with van der Waals surface area (Å²) in [6, 6.07) is 4.43. The number of hydrogen-bond acceptors (Lipinski definition) is 4. The summed E-state index contributed by atoms with van der Waals surface area (Å²) in [5.41, 5.74) is 10.7. The van der Waals surface area contributed by atoms with Gasteiger partial charge in [0.25, 0.3) is 5.91 Å². The fourth-order valence-electron chi connectivity index (χ4n) is 1.57. The summed E-state index contributed by atoms with van der Waals surface area (Å²) < 4.78 is 0. The maximum Gasteiger partial charge on any atom is 0.258 e. The Balaban J connectivity index is 3.07. The highest BCUT2D eigenvalue weighted by Gasteiger charge is 2.22. The number of aryl methyl sites for hydroxylation is 1. The van der Waals surface area contributed by atoms with E-state index in [1.807, 2.05) is 0 Å². The summed E-state index contributed by atoms with van der Waals surface area (Å²) in [5, 5.41) is 9.64. The molecule has 7 nitrogen and oxygen atoms in total. The number of nitrogens with zero attached hydrogens (tertiary/aromatic N) is 1.